The molecule has 0 fully saturated rings. The van der Waals surface area contributed by atoms with Crippen molar-refractivity contribution in [3.8, 4) is 0 Å². The number of hydrogen-bond acceptors (Lipinski definition) is 6. The molecule has 0 bridgehead atoms. The van der Waals surface area contributed by atoms with Crippen molar-refractivity contribution >= 4 is 23.5 Å². The molecule has 2 aromatic rings. The molecular weight excluding hydrogens is 302 g/mol. The van der Waals surface area contributed by atoms with E-state index in [2.05, 4.69) is 48.5 Å². The fraction of sp³-hybridized carbons (Fsp3) is 0.467. The van der Waals surface area contributed by atoms with Gasteiger partial charge in [0.15, 0.2) is 0 Å². The Morgan fingerprint density at radius 3 is 2.86 bits per heavy atom. The quantitative estimate of drug-likeness (QED) is 0.783. The van der Waals surface area contributed by atoms with Gasteiger partial charge in [-0.05, 0) is 43.4 Å². The van der Waals surface area contributed by atoms with Crippen molar-refractivity contribution < 1.29 is 4.42 Å². The largest absolute Gasteiger partial charge is 0.414 e. The molecule has 1 aromatic carbocycles. The first-order chi connectivity index (χ1) is 10.1. The van der Waals surface area contributed by atoms with Gasteiger partial charge in [-0.2, -0.15) is 11.8 Å². The molecule has 4 nitrogen and oxygen atoms in total. The maximum Gasteiger partial charge on any atom is 0.276 e. The normalized spacial score (nSPS) is 12.6. The number of nitrogens with two attached hydrogens (primary N) is 1. The van der Waals surface area contributed by atoms with Crippen LogP contribution in [0.4, 0.5) is 0 Å². The average Bonchev–Trinajstić information content (AvgIpc) is 2.94. The number of nitrogens with zero attached hydrogens (tertiary/aromatic N) is 2. The first kappa shape index (κ1) is 16.4. The van der Waals surface area contributed by atoms with Crippen LogP contribution in [0, 0.1) is 13.8 Å². The van der Waals surface area contributed by atoms with E-state index >= 15 is 0 Å². The van der Waals surface area contributed by atoms with Crippen LogP contribution in [0.3, 0.4) is 0 Å². The highest BCUT2D eigenvalue weighted by molar-refractivity contribution is 7.98. The van der Waals surface area contributed by atoms with Gasteiger partial charge in [-0.3, -0.25) is 0 Å². The van der Waals surface area contributed by atoms with Crippen molar-refractivity contribution in [3.05, 3.63) is 40.8 Å². The second-order valence-electron chi connectivity index (χ2n) is 5.01. The lowest BCUT2D eigenvalue weighted by Gasteiger charge is -2.05. The van der Waals surface area contributed by atoms with E-state index in [9.17, 15) is 0 Å². The van der Waals surface area contributed by atoms with Gasteiger partial charge in [0, 0.05) is 5.75 Å². The van der Waals surface area contributed by atoms with Crippen molar-refractivity contribution in [3.63, 3.8) is 0 Å². The van der Waals surface area contributed by atoms with E-state index in [1.165, 1.54) is 16.7 Å². The molecule has 1 heterocycles. The van der Waals surface area contributed by atoms with Gasteiger partial charge in [-0.1, -0.05) is 35.5 Å². The van der Waals surface area contributed by atoms with Crippen molar-refractivity contribution in [2.24, 2.45) is 5.73 Å². The van der Waals surface area contributed by atoms with Crippen LogP contribution < -0.4 is 5.73 Å². The molecule has 0 aliphatic rings. The van der Waals surface area contributed by atoms with Crippen LogP contribution in [-0.2, 0) is 5.75 Å². The number of aromatic nitrogens is 2. The van der Waals surface area contributed by atoms with E-state index in [4.69, 9.17) is 10.2 Å². The average molecular weight is 323 g/mol. The summed E-state index contributed by atoms with van der Waals surface area (Å²) in [6, 6.07) is 6.30. The lowest BCUT2D eigenvalue weighted by Crippen LogP contribution is -2.11. The molecule has 0 saturated carbocycles. The molecular formula is C15H21N3OS2. The minimum atomic E-state index is -0.167. The highest BCUT2D eigenvalue weighted by Crippen LogP contribution is 2.25. The monoisotopic (exact) mass is 323 g/mol. The number of hydrogen-bond donors (Lipinski definition) is 1. The number of aryl methyl sites for hydroxylation is 2. The SMILES string of the molecule is CSCCC(N)c1nnc(SCc2cc(C)ccc2C)o1. The van der Waals surface area contributed by atoms with Gasteiger partial charge in [0.2, 0.25) is 5.89 Å². The van der Waals surface area contributed by atoms with Crippen LogP contribution in [0.25, 0.3) is 0 Å². The number of thioether (sulfide) groups is 2. The molecule has 1 atom stereocenters. The molecule has 6 heteroatoms. The predicted molar refractivity (Wildman–Crippen MR) is 89.7 cm³/mol. The molecule has 0 amide bonds. The maximum atomic E-state index is 6.03. The van der Waals surface area contributed by atoms with E-state index < -0.39 is 0 Å². The molecule has 114 valence electrons. The van der Waals surface area contributed by atoms with Crippen LogP contribution in [-0.4, -0.2) is 22.2 Å². The molecule has 21 heavy (non-hydrogen) atoms. The summed E-state index contributed by atoms with van der Waals surface area (Å²) in [4.78, 5) is 0. The van der Waals surface area contributed by atoms with Gasteiger partial charge in [-0.15, -0.1) is 10.2 Å². The molecule has 0 radical (unpaired) electrons. The lowest BCUT2D eigenvalue weighted by molar-refractivity contribution is 0.383. The fourth-order valence-corrected chi connectivity index (χ4v) is 3.21. The third-order valence-corrected chi connectivity index (χ3v) is 4.74. The summed E-state index contributed by atoms with van der Waals surface area (Å²) in [6.45, 7) is 4.22. The zero-order valence-corrected chi connectivity index (χ0v) is 14.3. The third-order valence-electron chi connectivity index (χ3n) is 3.23. The van der Waals surface area contributed by atoms with E-state index in [-0.39, 0.29) is 6.04 Å². The zero-order valence-electron chi connectivity index (χ0n) is 12.6. The summed E-state index contributed by atoms with van der Waals surface area (Å²) in [5.74, 6) is 2.36. The first-order valence-corrected chi connectivity index (χ1v) is 9.25. The second kappa shape index (κ2) is 7.87. The molecule has 2 N–H and O–H groups in total. The van der Waals surface area contributed by atoms with Gasteiger partial charge >= 0.3 is 0 Å². The van der Waals surface area contributed by atoms with Crippen molar-refractivity contribution in [2.45, 2.75) is 37.3 Å². The maximum absolute atomic E-state index is 6.03. The van der Waals surface area contributed by atoms with Crippen molar-refractivity contribution in [1.82, 2.24) is 10.2 Å². The smallest absolute Gasteiger partial charge is 0.276 e. The fourth-order valence-electron chi connectivity index (χ4n) is 1.89. The van der Waals surface area contributed by atoms with Crippen LogP contribution in [0.5, 0.6) is 0 Å². The summed E-state index contributed by atoms with van der Waals surface area (Å²) in [5, 5.41) is 8.71. The van der Waals surface area contributed by atoms with Crippen LogP contribution >= 0.6 is 23.5 Å². The highest BCUT2D eigenvalue weighted by Gasteiger charge is 2.14. The summed E-state index contributed by atoms with van der Waals surface area (Å²) in [6.07, 6.45) is 2.91. The zero-order chi connectivity index (χ0) is 15.2. The van der Waals surface area contributed by atoms with Gasteiger partial charge < -0.3 is 10.2 Å². The Balaban J connectivity index is 1.95. The highest BCUT2D eigenvalue weighted by atomic mass is 32.2. The molecule has 0 aliphatic carbocycles. The van der Waals surface area contributed by atoms with Gasteiger partial charge in [0.05, 0.1) is 6.04 Å². The Kier molecular flexibility index (Phi) is 6.14. The summed E-state index contributed by atoms with van der Waals surface area (Å²) < 4.78 is 5.64. The molecule has 0 saturated heterocycles. The predicted octanol–water partition coefficient (Wildman–Crippen LogP) is 3.73. The minimum absolute atomic E-state index is 0.167. The van der Waals surface area contributed by atoms with Crippen molar-refractivity contribution in [2.75, 3.05) is 12.0 Å². The third kappa shape index (κ3) is 4.76. The Morgan fingerprint density at radius 2 is 2.10 bits per heavy atom. The van der Waals surface area contributed by atoms with Gasteiger partial charge in [0.1, 0.15) is 0 Å². The molecule has 1 unspecified atom stereocenters. The molecule has 0 aliphatic heterocycles. The molecule has 2 rings (SSSR count). The first-order valence-electron chi connectivity index (χ1n) is 6.87. The summed E-state index contributed by atoms with van der Waals surface area (Å²) >= 11 is 3.32. The Bertz CT molecular complexity index is 586. The van der Waals surface area contributed by atoms with E-state index in [0.717, 1.165) is 17.9 Å². The Hall–Kier alpha value is -0.980. The van der Waals surface area contributed by atoms with E-state index in [1.807, 2.05) is 0 Å². The Labute approximate surface area is 134 Å². The number of rotatable bonds is 7. The number of benzene rings is 1. The molecule has 1 aromatic heterocycles. The van der Waals surface area contributed by atoms with Gasteiger partial charge in [-0.25, -0.2) is 0 Å². The minimum Gasteiger partial charge on any atom is -0.414 e. The topological polar surface area (TPSA) is 64.9 Å². The van der Waals surface area contributed by atoms with Crippen LogP contribution in [0.2, 0.25) is 0 Å². The lowest BCUT2D eigenvalue weighted by atomic mass is 10.1. The molecule has 0 spiro atoms. The summed E-state index contributed by atoms with van der Waals surface area (Å²) in [7, 11) is 0. The summed E-state index contributed by atoms with van der Waals surface area (Å²) in [5.41, 5.74) is 9.87. The van der Waals surface area contributed by atoms with Crippen LogP contribution in [0.1, 0.15) is 35.0 Å². The van der Waals surface area contributed by atoms with Crippen LogP contribution in [0.15, 0.2) is 27.8 Å². The van der Waals surface area contributed by atoms with E-state index in [1.54, 1.807) is 23.5 Å². The second-order valence-corrected chi connectivity index (χ2v) is 6.92. The van der Waals surface area contributed by atoms with Crippen molar-refractivity contribution in [1.29, 1.82) is 0 Å². The Morgan fingerprint density at radius 1 is 1.29 bits per heavy atom. The van der Waals surface area contributed by atoms with Gasteiger partial charge in [0.25, 0.3) is 5.22 Å². The van der Waals surface area contributed by atoms with E-state index in [0.29, 0.717) is 11.1 Å². The standard InChI is InChI=1S/C15H21N3OS2/c1-10-4-5-11(2)12(8-10)9-21-15-18-17-14(19-15)13(16)6-7-20-3/h4-5,8,13H,6-7,9,16H2,1-3H3.